The largest absolute Gasteiger partial charge is 0.318 e. The molecular weight excluding hydrogens is 248 g/mol. The lowest BCUT2D eigenvalue weighted by molar-refractivity contribution is 0.156. The van der Waals surface area contributed by atoms with Gasteiger partial charge < -0.3 is 5.32 Å². The van der Waals surface area contributed by atoms with Crippen LogP contribution in [0.5, 0.6) is 0 Å². The summed E-state index contributed by atoms with van der Waals surface area (Å²) in [6.07, 6.45) is 3.63. The fraction of sp³-hybridized carbons (Fsp3) is 1.00. The van der Waals surface area contributed by atoms with Crippen molar-refractivity contribution in [3.63, 3.8) is 0 Å². The molecule has 1 atom stereocenters. The molecule has 0 aromatic rings. The van der Waals surface area contributed by atoms with Gasteiger partial charge in [-0.2, -0.15) is 0 Å². The van der Waals surface area contributed by atoms with E-state index >= 15 is 0 Å². The summed E-state index contributed by atoms with van der Waals surface area (Å²) >= 11 is 0. The Morgan fingerprint density at radius 3 is 2.50 bits per heavy atom. The molecule has 1 rings (SSSR count). The number of piperidine rings is 1. The molecule has 1 unspecified atom stereocenters. The molecule has 4 nitrogen and oxygen atoms in total. The van der Waals surface area contributed by atoms with E-state index in [0.717, 1.165) is 13.1 Å². The highest BCUT2D eigenvalue weighted by atomic mass is 32.2. The molecule has 1 aliphatic heterocycles. The second-order valence-electron chi connectivity index (χ2n) is 6.17. The van der Waals surface area contributed by atoms with Gasteiger partial charge in [0.25, 0.3) is 0 Å². The first-order valence-electron chi connectivity index (χ1n) is 6.89. The van der Waals surface area contributed by atoms with E-state index in [1.165, 1.54) is 19.3 Å². The highest BCUT2D eigenvalue weighted by molar-refractivity contribution is 7.92. The molecule has 5 heteroatoms. The predicted molar refractivity (Wildman–Crippen MR) is 76.7 cm³/mol. The Bertz CT molecular complexity index is 344. The number of sulfone groups is 1. The molecule has 1 aliphatic rings. The maximum absolute atomic E-state index is 12.1. The molecule has 108 valence electrons. The quantitative estimate of drug-likeness (QED) is 0.822. The Kier molecular flexibility index (Phi) is 5.62. The topological polar surface area (TPSA) is 49.4 Å². The molecule has 18 heavy (non-hydrogen) atoms. The summed E-state index contributed by atoms with van der Waals surface area (Å²) in [5, 5.41) is 3.20. The molecule has 0 amide bonds. The average molecular weight is 276 g/mol. The Balaban J connectivity index is 2.56. The van der Waals surface area contributed by atoms with Gasteiger partial charge in [-0.15, -0.1) is 0 Å². The van der Waals surface area contributed by atoms with Gasteiger partial charge in [-0.25, -0.2) is 8.42 Å². The number of hydrogen-bond donors (Lipinski definition) is 1. The summed E-state index contributed by atoms with van der Waals surface area (Å²) in [5.41, 5.74) is 0. The lowest BCUT2D eigenvalue weighted by Crippen LogP contribution is -2.47. The second kappa shape index (κ2) is 6.35. The van der Waals surface area contributed by atoms with Crippen LogP contribution >= 0.6 is 0 Å². The average Bonchev–Trinajstić information content (AvgIpc) is 2.27. The zero-order valence-electron chi connectivity index (χ0n) is 12.2. The SMILES string of the molecule is CNCC1CCCCN1CCS(=O)(=O)C(C)(C)C. The zero-order valence-corrected chi connectivity index (χ0v) is 13.0. The number of hydrogen-bond acceptors (Lipinski definition) is 4. The van der Waals surface area contributed by atoms with E-state index in [1.807, 2.05) is 7.05 Å². The summed E-state index contributed by atoms with van der Waals surface area (Å²) in [6, 6.07) is 0.499. The third-order valence-corrected chi connectivity index (χ3v) is 6.36. The van der Waals surface area contributed by atoms with Crippen LogP contribution in [0.15, 0.2) is 0 Å². The van der Waals surface area contributed by atoms with E-state index in [4.69, 9.17) is 0 Å². The third-order valence-electron chi connectivity index (χ3n) is 3.77. The smallest absolute Gasteiger partial charge is 0.156 e. The minimum Gasteiger partial charge on any atom is -0.318 e. The first-order chi connectivity index (χ1) is 8.28. The van der Waals surface area contributed by atoms with Crippen molar-refractivity contribution in [1.29, 1.82) is 0 Å². The molecule has 0 bridgehead atoms. The van der Waals surface area contributed by atoms with Crippen molar-refractivity contribution in [3.05, 3.63) is 0 Å². The maximum atomic E-state index is 12.1. The van der Waals surface area contributed by atoms with Gasteiger partial charge in [-0.05, 0) is 47.2 Å². The number of likely N-dealkylation sites (N-methyl/N-ethyl adjacent to an activating group) is 1. The van der Waals surface area contributed by atoms with Crippen molar-refractivity contribution in [2.75, 3.05) is 32.4 Å². The lowest BCUT2D eigenvalue weighted by Gasteiger charge is -2.36. The molecule has 1 fully saturated rings. The highest BCUT2D eigenvalue weighted by Gasteiger charge is 2.30. The van der Waals surface area contributed by atoms with Gasteiger partial charge in [0.1, 0.15) is 0 Å². The van der Waals surface area contributed by atoms with Crippen LogP contribution < -0.4 is 5.32 Å². The van der Waals surface area contributed by atoms with Crippen LogP contribution in [0.25, 0.3) is 0 Å². The molecule has 0 radical (unpaired) electrons. The van der Waals surface area contributed by atoms with Crippen LogP contribution in [-0.4, -0.2) is 56.5 Å². The van der Waals surface area contributed by atoms with Crippen molar-refractivity contribution >= 4 is 9.84 Å². The second-order valence-corrected chi connectivity index (χ2v) is 9.04. The summed E-state index contributed by atoms with van der Waals surface area (Å²) in [4.78, 5) is 2.34. The van der Waals surface area contributed by atoms with E-state index in [2.05, 4.69) is 10.2 Å². The van der Waals surface area contributed by atoms with Crippen molar-refractivity contribution in [1.82, 2.24) is 10.2 Å². The van der Waals surface area contributed by atoms with Crippen LogP contribution in [0, 0.1) is 0 Å². The number of nitrogens with one attached hydrogen (secondary N) is 1. The van der Waals surface area contributed by atoms with E-state index in [-0.39, 0.29) is 5.75 Å². The van der Waals surface area contributed by atoms with Crippen LogP contribution in [0.1, 0.15) is 40.0 Å². The van der Waals surface area contributed by atoms with E-state index in [9.17, 15) is 8.42 Å². The van der Waals surface area contributed by atoms with E-state index in [1.54, 1.807) is 20.8 Å². The zero-order chi connectivity index (χ0) is 13.8. The molecule has 0 aromatic heterocycles. The molecule has 0 aromatic carbocycles. The first-order valence-corrected chi connectivity index (χ1v) is 8.54. The van der Waals surface area contributed by atoms with Gasteiger partial charge in [-0.3, -0.25) is 4.90 Å². The summed E-state index contributed by atoms with van der Waals surface area (Å²) in [7, 11) is -1.04. The Hall–Kier alpha value is -0.130. The fourth-order valence-corrected chi connectivity index (χ4v) is 3.45. The van der Waals surface area contributed by atoms with Gasteiger partial charge in [0.2, 0.25) is 0 Å². The molecule has 0 aliphatic carbocycles. The van der Waals surface area contributed by atoms with Crippen molar-refractivity contribution in [2.24, 2.45) is 0 Å². The monoisotopic (exact) mass is 276 g/mol. The summed E-state index contributed by atoms with van der Waals surface area (Å²) in [5.74, 6) is 0.275. The predicted octanol–water partition coefficient (Wildman–Crippen LogP) is 1.27. The summed E-state index contributed by atoms with van der Waals surface area (Å²) < 4.78 is 23.6. The molecule has 0 spiro atoms. The van der Waals surface area contributed by atoms with Gasteiger partial charge in [-0.1, -0.05) is 6.42 Å². The van der Waals surface area contributed by atoms with Crippen molar-refractivity contribution in [3.8, 4) is 0 Å². The van der Waals surface area contributed by atoms with Gasteiger partial charge in [0, 0.05) is 19.1 Å². The Morgan fingerprint density at radius 2 is 1.94 bits per heavy atom. The van der Waals surface area contributed by atoms with Crippen LogP contribution in [0.2, 0.25) is 0 Å². The number of nitrogens with zero attached hydrogens (tertiary/aromatic N) is 1. The maximum Gasteiger partial charge on any atom is 0.156 e. The summed E-state index contributed by atoms with van der Waals surface area (Å²) in [6.45, 7) is 8.00. The normalized spacial score (nSPS) is 23.2. The lowest BCUT2D eigenvalue weighted by atomic mass is 10.0. The van der Waals surface area contributed by atoms with E-state index in [0.29, 0.717) is 12.6 Å². The molecule has 1 heterocycles. The van der Waals surface area contributed by atoms with E-state index < -0.39 is 14.6 Å². The van der Waals surface area contributed by atoms with Crippen LogP contribution in [-0.2, 0) is 9.84 Å². The highest BCUT2D eigenvalue weighted by Crippen LogP contribution is 2.19. The standard InChI is InChI=1S/C13H28N2O2S/c1-13(2,3)18(16,17)10-9-15-8-6-5-7-12(15)11-14-4/h12,14H,5-11H2,1-4H3. The minimum absolute atomic E-state index is 0.275. The minimum atomic E-state index is -3.00. The Morgan fingerprint density at radius 1 is 1.28 bits per heavy atom. The molecule has 1 saturated heterocycles. The van der Waals surface area contributed by atoms with Gasteiger partial charge >= 0.3 is 0 Å². The number of likely N-dealkylation sites (tertiary alicyclic amines) is 1. The fourth-order valence-electron chi connectivity index (χ4n) is 2.36. The molecular formula is C13H28N2O2S. The van der Waals surface area contributed by atoms with Crippen LogP contribution in [0.4, 0.5) is 0 Å². The Labute approximate surface area is 112 Å². The number of rotatable bonds is 5. The third kappa shape index (κ3) is 4.21. The van der Waals surface area contributed by atoms with Gasteiger partial charge in [0.05, 0.1) is 10.5 Å². The van der Waals surface area contributed by atoms with Crippen molar-refractivity contribution < 1.29 is 8.42 Å². The van der Waals surface area contributed by atoms with Crippen molar-refractivity contribution in [2.45, 2.75) is 50.8 Å². The van der Waals surface area contributed by atoms with Crippen LogP contribution in [0.3, 0.4) is 0 Å². The molecule has 1 N–H and O–H groups in total. The molecule has 0 saturated carbocycles. The first kappa shape index (κ1) is 15.9. The van der Waals surface area contributed by atoms with Gasteiger partial charge in [0.15, 0.2) is 9.84 Å².